The van der Waals surface area contributed by atoms with E-state index in [-0.39, 0.29) is 16.9 Å². The molecule has 208 valence electrons. The molecule has 1 aromatic heterocycles. The Hall–Kier alpha value is -1.65. The van der Waals surface area contributed by atoms with Gasteiger partial charge in [0.15, 0.2) is 0 Å². The maximum Gasteiger partial charge on any atom is 0.128 e. The van der Waals surface area contributed by atoms with Crippen LogP contribution in [0.4, 0.5) is 5.82 Å². The Balaban J connectivity index is 1.10. The summed E-state index contributed by atoms with van der Waals surface area (Å²) in [4.78, 5) is 9.67. The van der Waals surface area contributed by atoms with Gasteiger partial charge < -0.3 is 10.0 Å². The average molecular weight is 518 g/mol. The van der Waals surface area contributed by atoms with Crippen molar-refractivity contribution in [2.75, 3.05) is 37.6 Å². The predicted octanol–water partition coefficient (Wildman–Crippen LogP) is 6.87. The minimum Gasteiger partial charge on any atom is -0.393 e. The van der Waals surface area contributed by atoms with E-state index < -0.39 is 0 Å². The molecule has 0 amide bonds. The van der Waals surface area contributed by atoms with Crippen molar-refractivity contribution in [2.24, 2.45) is 34.0 Å². The van der Waals surface area contributed by atoms with Crippen molar-refractivity contribution in [2.45, 2.75) is 92.1 Å². The van der Waals surface area contributed by atoms with E-state index in [0.717, 1.165) is 50.3 Å². The molecule has 1 aliphatic heterocycles. The lowest BCUT2D eigenvalue weighted by atomic mass is 9.46. The Morgan fingerprint density at radius 3 is 2.53 bits per heavy atom. The first-order valence-electron chi connectivity index (χ1n) is 15.6. The third-order valence-electron chi connectivity index (χ3n) is 12.4. The molecule has 0 radical (unpaired) electrons. The standard InChI is InChI=1S/C34H51N3O/c1-24(15-19-36-20-22-37(23-21-36)31-8-6-7-18-35-31)26-10-11-27-25-9-12-29-32(2,3)30(38)14-17-34(29,5)28(25)13-16-33(26,27)4/h6-8,11,18,24,26,29-30,38H,9-10,12-17,19-23H2,1-5H3/t24-,26-,29+,30+,33-,34-/m1/s1. The number of pyridine rings is 1. The van der Waals surface area contributed by atoms with Gasteiger partial charge in [-0.25, -0.2) is 4.98 Å². The number of nitrogens with zero attached hydrogens (tertiary/aromatic N) is 3. The summed E-state index contributed by atoms with van der Waals surface area (Å²) in [6, 6.07) is 6.23. The van der Waals surface area contributed by atoms with Crippen LogP contribution >= 0.6 is 0 Å². The molecule has 0 unspecified atom stereocenters. The molecule has 2 heterocycles. The molecule has 5 aliphatic rings. The van der Waals surface area contributed by atoms with Crippen LogP contribution in [-0.4, -0.2) is 53.8 Å². The number of allylic oxidation sites excluding steroid dienone is 4. The first-order valence-corrected chi connectivity index (χ1v) is 15.6. The Bertz CT molecular complexity index is 1080. The minimum atomic E-state index is -0.148. The van der Waals surface area contributed by atoms with Crippen molar-refractivity contribution in [1.82, 2.24) is 9.88 Å². The topological polar surface area (TPSA) is 39.6 Å². The van der Waals surface area contributed by atoms with Crippen molar-refractivity contribution in [3.8, 4) is 0 Å². The lowest BCUT2D eigenvalue weighted by Gasteiger charge is -2.59. The van der Waals surface area contributed by atoms with E-state index in [1.54, 1.807) is 16.7 Å². The highest BCUT2D eigenvalue weighted by Gasteiger charge is 2.57. The zero-order valence-electron chi connectivity index (χ0n) is 24.7. The summed E-state index contributed by atoms with van der Waals surface area (Å²) < 4.78 is 0. The fraction of sp³-hybridized carbons (Fsp3) is 0.735. The number of fused-ring (bicyclic) bond motifs is 4. The van der Waals surface area contributed by atoms with Crippen molar-refractivity contribution in [1.29, 1.82) is 0 Å². The van der Waals surface area contributed by atoms with Crippen LogP contribution in [0.2, 0.25) is 0 Å². The summed E-state index contributed by atoms with van der Waals surface area (Å²) in [5.41, 5.74) is 5.93. The molecule has 1 aromatic rings. The van der Waals surface area contributed by atoms with Crippen LogP contribution in [0.5, 0.6) is 0 Å². The molecule has 1 saturated carbocycles. The highest BCUT2D eigenvalue weighted by molar-refractivity contribution is 5.50. The number of aromatic nitrogens is 1. The molecule has 6 rings (SSSR count). The number of piperazine rings is 1. The van der Waals surface area contributed by atoms with Gasteiger partial charge in [-0.1, -0.05) is 52.3 Å². The van der Waals surface area contributed by atoms with E-state index in [1.165, 1.54) is 51.5 Å². The minimum absolute atomic E-state index is 0.0243. The Morgan fingerprint density at radius 2 is 1.79 bits per heavy atom. The Kier molecular flexibility index (Phi) is 6.83. The van der Waals surface area contributed by atoms with Gasteiger partial charge in [-0.05, 0) is 115 Å². The first-order chi connectivity index (χ1) is 18.1. The third kappa shape index (κ3) is 4.20. The van der Waals surface area contributed by atoms with Crippen LogP contribution in [0.1, 0.15) is 86.0 Å². The van der Waals surface area contributed by atoms with Crippen LogP contribution < -0.4 is 4.90 Å². The van der Waals surface area contributed by atoms with Gasteiger partial charge in [-0.2, -0.15) is 0 Å². The third-order valence-corrected chi connectivity index (χ3v) is 12.4. The van der Waals surface area contributed by atoms with Crippen molar-refractivity contribution in [3.63, 3.8) is 0 Å². The van der Waals surface area contributed by atoms with Gasteiger partial charge in [-0.15, -0.1) is 0 Å². The second kappa shape index (κ2) is 9.77. The molecule has 1 N–H and O–H groups in total. The number of rotatable bonds is 5. The summed E-state index contributed by atoms with van der Waals surface area (Å²) in [7, 11) is 0. The zero-order valence-corrected chi connectivity index (χ0v) is 24.7. The van der Waals surface area contributed by atoms with Gasteiger partial charge in [0, 0.05) is 32.4 Å². The first kappa shape index (κ1) is 26.6. The smallest absolute Gasteiger partial charge is 0.128 e. The molecular weight excluding hydrogens is 466 g/mol. The highest BCUT2D eigenvalue weighted by Crippen LogP contribution is 2.66. The molecule has 6 atom stereocenters. The monoisotopic (exact) mass is 517 g/mol. The summed E-state index contributed by atoms with van der Waals surface area (Å²) in [5, 5.41) is 10.8. The molecule has 0 aromatic carbocycles. The molecular formula is C34H51N3O. The lowest BCUT2D eigenvalue weighted by molar-refractivity contribution is -0.0905. The molecule has 4 nitrogen and oxygen atoms in total. The maximum atomic E-state index is 10.8. The zero-order chi connectivity index (χ0) is 26.7. The highest BCUT2D eigenvalue weighted by atomic mass is 16.3. The second-order valence-electron chi connectivity index (χ2n) is 14.5. The molecule has 4 heteroatoms. The van der Waals surface area contributed by atoms with E-state index in [0.29, 0.717) is 11.3 Å². The summed E-state index contributed by atoms with van der Waals surface area (Å²) in [5.74, 6) is 3.26. The fourth-order valence-corrected chi connectivity index (χ4v) is 9.91. The van der Waals surface area contributed by atoms with Crippen molar-refractivity contribution >= 4 is 5.82 Å². The van der Waals surface area contributed by atoms with Crippen molar-refractivity contribution < 1.29 is 5.11 Å². The van der Waals surface area contributed by atoms with Crippen molar-refractivity contribution in [3.05, 3.63) is 47.2 Å². The SMILES string of the molecule is C[C@H](CCN1CCN(c2ccccn2)CC1)[C@H]1CC=C2C3=C(CC[C@@]21C)[C@@]1(C)CC[C@H](O)C(C)(C)[C@@H]1CC3. The number of hydrogen-bond donors (Lipinski definition) is 1. The van der Waals surface area contributed by atoms with Crippen LogP contribution in [0.25, 0.3) is 0 Å². The van der Waals surface area contributed by atoms with Gasteiger partial charge in [0.05, 0.1) is 6.10 Å². The van der Waals surface area contributed by atoms with Gasteiger partial charge >= 0.3 is 0 Å². The molecule has 4 aliphatic carbocycles. The largest absolute Gasteiger partial charge is 0.393 e. The average Bonchev–Trinajstić information content (AvgIpc) is 3.28. The van der Waals surface area contributed by atoms with Crippen LogP contribution in [0.3, 0.4) is 0 Å². The van der Waals surface area contributed by atoms with Crippen LogP contribution in [-0.2, 0) is 0 Å². The van der Waals surface area contributed by atoms with Gasteiger partial charge in [0.2, 0.25) is 0 Å². The summed E-state index contributed by atoms with van der Waals surface area (Å²) in [6.45, 7) is 18.1. The van der Waals surface area contributed by atoms with E-state index >= 15 is 0 Å². The fourth-order valence-electron chi connectivity index (χ4n) is 9.91. The second-order valence-corrected chi connectivity index (χ2v) is 14.5. The Labute approximate surface area is 231 Å². The van der Waals surface area contributed by atoms with Gasteiger partial charge in [0.1, 0.15) is 5.82 Å². The number of hydrogen-bond acceptors (Lipinski definition) is 4. The van der Waals surface area contributed by atoms with E-state index in [4.69, 9.17) is 0 Å². The molecule has 38 heavy (non-hydrogen) atoms. The lowest BCUT2D eigenvalue weighted by Crippen LogP contribution is -2.53. The Morgan fingerprint density at radius 1 is 1.00 bits per heavy atom. The summed E-state index contributed by atoms with van der Waals surface area (Å²) >= 11 is 0. The van der Waals surface area contributed by atoms with Crippen LogP contribution in [0.15, 0.2) is 47.2 Å². The normalized spacial score (nSPS) is 37.8. The van der Waals surface area contributed by atoms with E-state index in [9.17, 15) is 5.11 Å². The number of aliphatic hydroxyl groups is 1. The number of anilines is 1. The molecule has 0 spiro atoms. The quantitative estimate of drug-likeness (QED) is 0.463. The summed E-state index contributed by atoms with van der Waals surface area (Å²) in [6.07, 6.45) is 14.2. The molecule has 0 bridgehead atoms. The van der Waals surface area contributed by atoms with E-state index in [2.05, 4.69) is 67.6 Å². The maximum absolute atomic E-state index is 10.8. The molecule has 1 saturated heterocycles. The number of aliphatic hydroxyl groups excluding tert-OH is 1. The molecule has 2 fully saturated rings. The van der Waals surface area contributed by atoms with Gasteiger partial charge in [0.25, 0.3) is 0 Å². The predicted molar refractivity (Wildman–Crippen MR) is 157 cm³/mol. The van der Waals surface area contributed by atoms with E-state index in [1.807, 2.05) is 12.3 Å². The van der Waals surface area contributed by atoms with Crippen LogP contribution in [0, 0.1) is 34.0 Å². The van der Waals surface area contributed by atoms with Gasteiger partial charge in [-0.3, -0.25) is 4.90 Å².